The molecule has 0 bridgehead atoms. The Morgan fingerprint density at radius 1 is 1.16 bits per heavy atom. The molecule has 0 saturated carbocycles. The van der Waals surface area contributed by atoms with Crippen LogP contribution < -0.4 is 10.6 Å². The van der Waals surface area contributed by atoms with Crippen LogP contribution in [0.5, 0.6) is 0 Å². The summed E-state index contributed by atoms with van der Waals surface area (Å²) in [6.45, 7) is 8.39. The van der Waals surface area contributed by atoms with E-state index in [1.165, 1.54) is 0 Å². The van der Waals surface area contributed by atoms with Crippen molar-refractivity contribution in [2.24, 2.45) is 5.92 Å². The van der Waals surface area contributed by atoms with E-state index in [1.54, 1.807) is 6.92 Å². The molecule has 3 N–H and O–H groups in total. The van der Waals surface area contributed by atoms with Gasteiger partial charge in [0.1, 0.15) is 6.04 Å². The molecular formula is C14H28N2O3. The zero-order valence-corrected chi connectivity index (χ0v) is 12.5. The van der Waals surface area contributed by atoms with Gasteiger partial charge in [-0.1, -0.05) is 33.6 Å². The number of amides is 1. The van der Waals surface area contributed by atoms with E-state index in [1.807, 2.05) is 13.8 Å². The van der Waals surface area contributed by atoms with Crippen LogP contribution in [-0.4, -0.2) is 35.6 Å². The van der Waals surface area contributed by atoms with Gasteiger partial charge < -0.3 is 10.4 Å². The van der Waals surface area contributed by atoms with Crippen LogP contribution in [0, 0.1) is 5.92 Å². The molecule has 0 saturated heterocycles. The Morgan fingerprint density at radius 3 is 2.26 bits per heavy atom. The number of unbranched alkanes of at least 4 members (excludes halogenated alkanes) is 2. The third-order valence-corrected chi connectivity index (χ3v) is 2.93. The molecule has 0 fully saturated rings. The number of carbonyl (C=O) groups is 2. The molecule has 1 amide bonds. The van der Waals surface area contributed by atoms with Gasteiger partial charge in [0.2, 0.25) is 5.91 Å². The minimum atomic E-state index is -0.903. The lowest BCUT2D eigenvalue weighted by atomic mass is 10.0. The van der Waals surface area contributed by atoms with Crippen LogP contribution in [-0.2, 0) is 9.59 Å². The van der Waals surface area contributed by atoms with Crippen molar-refractivity contribution < 1.29 is 14.7 Å². The number of carbonyl (C=O) groups excluding carboxylic acids is 1. The van der Waals surface area contributed by atoms with Crippen molar-refractivity contribution in [2.75, 3.05) is 6.54 Å². The van der Waals surface area contributed by atoms with E-state index in [0.29, 0.717) is 13.0 Å². The molecule has 19 heavy (non-hydrogen) atoms. The number of aliphatic carboxylic acids is 1. The molecular weight excluding hydrogens is 244 g/mol. The lowest BCUT2D eigenvalue weighted by molar-refractivity contribution is -0.140. The summed E-state index contributed by atoms with van der Waals surface area (Å²) in [4.78, 5) is 22.9. The molecule has 112 valence electrons. The maximum absolute atomic E-state index is 11.8. The number of carboxylic acid groups (broad SMARTS) is 1. The first-order chi connectivity index (χ1) is 8.88. The number of hydrogen-bond acceptors (Lipinski definition) is 3. The van der Waals surface area contributed by atoms with E-state index in [9.17, 15) is 9.59 Å². The summed E-state index contributed by atoms with van der Waals surface area (Å²) in [5.74, 6) is -0.765. The molecule has 0 aromatic heterocycles. The second-order valence-electron chi connectivity index (χ2n) is 5.41. The van der Waals surface area contributed by atoms with Crippen molar-refractivity contribution in [2.45, 2.75) is 65.5 Å². The molecule has 0 aliphatic rings. The van der Waals surface area contributed by atoms with Crippen LogP contribution in [0.3, 0.4) is 0 Å². The first-order valence-corrected chi connectivity index (χ1v) is 7.15. The zero-order chi connectivity index (χ0) is 14.8. The minimum absolute atomic E-state index is 0.133. The highest BCUT2D eigenvalue weighted by Gasteiger charge is 2.23. The fourth-order valence-electron chi connectivity index (χ4n) is 1.83. The normalized spacial score (nSPS) is 14.2. The molecule has 0 aromatic carbocycles. The molecule has 0 heterocycles. The molecule has 0 aliphatic carbocycles. The maximum atomic E-state index is 11.8. The molecule has 2 atom stereocenters. The van der Waals surface area contributed by atoms with Crippen molar-refractivity contribution in [3.05, 3.63) is 0 Å². The Bertz CT molecular complexity index is 280. The van der Waals surface area contributed by atoms with E-state index in [2.05, 4.69) is 17.6 Å². The van der Waals surface area contributed by atoms with Crippen molar-refractivity contribution in [3.63, 3.8) is 0 Å². The lowest BCUT2D eigenvalue weighted by Gasteiger charge is -2.21. The summed E-state index contributed by atoms with van der Waals surface area (Å²) in [6, 6.07) is -1.15. The average Bonchev–Trinajstić information content (AvgIpc) is 2.32. The fraction of sp³-hybridized carbons (Fsp3) is 0.857. The van der Waals surface area contributed by atoms with Crippen LogP contribution in [0.15, 0.2) is 0 Å². The molecule has 0 aromatic rings. The molecule has 5 heteroatoms. The van der Waals surface area contributed by atoms with Crippen LogP contribution in [0.1, 0.15) is 53.4 Å². The third-order valence-electron chi connectivity index (χ3n) is 2.93. The smallest absolute Gasteiger partial charge is 0.320 e. The van der Waals surface area contributed by atoms with Crippen molar-refractivity contribution in [3.8, 4) is 0 Å². The average molecular weight is 272 g/mol. The monoisotopic (exact) mass is 272 g/mol. The Kier molecular flexibility index (Phi) is 9.21. The molecule has 0 radical (unpaired) electrons. The Hall–Kier alpha value is -1.10. The Labute approximate surface area is 116 Å². The number of nitrogens with one attached hydrogen (secondary N) is 2. The van der Waals surface area contributed by atoms with Gasteiger partial charge in [-0.2, -0.15) is 0 Å². The minimum Gasteiger partial charge on any atom is -0.480 e. The van der Waals surface area contributed by atoms with Crippen molar-refractivity contribution >= 4 is 11.9 Å². The molecule has 5 nitrogen and oxygen atoms in total. The number of rotatable bonds is 10. The van der Waals surface area contributed by atoms with Gasteiger partial charge in [0.05, 0.1) is 6.04 Å². The second-order valence-corrected chi connectivity index (χ2v) is 5.41. The predicted octanol–water partition coefficient (Wildman–Crippen LogP) is 1.77. The first kappa shape index (κ1) is 17.9. The maximum Gasteiger partial charge on any atom is 0.320 e. The van der Waals surface area contributed by atoms with Crippen molar-refractivity contribution in [1.29, 1.82) is 0 Å². The van der Waals surface area contributed by atoms with Gasteiger partial charge in [-0.25, -0.2) is 0 Å². The molecule has 0 rings (SSSR count). The van der Waals surface area contributed by atoms with Gasteiger partial charge in [-0.15, -0.1) is 0 Å². The van der Waals surface area contributed by atoms with Gasteiger partial charge >= 0.3 is 5.97 Å². The van der Waals surface area contributed by atoms with E-state index >= 15 is 0 Å². The van der Waals surface area contributed by atoms with Crippen LogP contribution in [0.4, 0.5) is 0 Å². The number of carboxylic acids is 1. The van der Waals surface area contributed by atoms with E-state index in [0.717, 1.165) is 19.3 Å². The third kappa shape index (κ3) is 8.59. The topological polar surface area (TPSA) is 78.4 Å². The standard InChI is InChI=1S/C14H28N2O3/c1-5-6-7-8-15-13(17)11(4)16-12(14(18)19)9-10(2)3/h10-12,16H,5-9H2,1-4H3,(H,15,17)(H,18,19). The van der Waals surface area contributed by atoms with Gasteiger partial charge in [0.25, 0.3) is 0 Å². The highest BCUT2D eigenvalue weighted by atomic mass is 16.4. The molecule has 2 unspecified atom stereocenters. The summed E-state index contributed by atoms with van der Waals surface area (Å²) in [5.41, 5.74) is 0. The summed E-state index contributed by atoms with van der Waals surface area (Å²) >= 11 is 0. The zero-order valence-electron chi connectivity index (χ0n) is 12.5. The quantitative estimate of drug-likeness (QED) is 0.530. The van der Waals surface area contributed by atoms with Crippen molar-refractivity contribution in [1.82, 2.24) is 10.6 Å². The Morgan fingerprint density at radius 2 is 1.79 bits per heavy atom. The lowest BCUT2D eigenvalue weighted by Crippen LogP contribution is -2.50. The second kappa shape index (κ2) is 9.78. The van der Waals surface area contributed by atoms with E-state index in [4.69, 9.17) is 5.11 Å². The van der Waals surface area contributed by atoms with Gasteiger partial charge in [0.15, 0.2) is 0 Å². The summed E-state index contributed by atoms with van der Waals surface area (Å²) in [7, 11) is 0. The highest BCUT2D eigenvalue weighted by Crippen LogP contribution is 2.06. The summed E-state index contributed by atoms with van der Waals surface area (Å²) in [5, 5.41) is 14.8. The number of hydrogen-bond donors (Lipinski definition) is 3. The van der Waals surface area contributed by atoms with Gasteiger partial charge in [-0.05, 0) is 25.7 Å². The van der Waals surface area contributed by atoms with E-state index < -0.39 is 18.1 Å². The van der Waals surface area contributed by atoms with Crippen LogP contribution in [0.25, 0.3) is 0 Å². The van der Waals surface area contributed by atoms with Crippen LogP contribution in [0.2, 0.25) is 0 Å². The fourth-order valence-corrected chi connectivity index (χ4v) is 1.83. The van der Waals surface area contributed by atoms with Gasteiger partial charge in [-0.3, -0.25) is 14.9 Å². The molecule has 0 aliphatic heterocycles. The predicted molar refractivity (Wildman–Crippen MR) is 76.0 cm³/mol. The Balaban J connectivity index is 4.12. The van der Waals surface area contributed by atoms with E-state index in [-0.39, 0.29) is 11.8 Å². The summed E-state index contributed by atoms with van der Waals surface area (Å²) in [6.07, 6.45) is 3.68. The van der Waals surface area contributed by atoms with Gasteiger partial charge in [0, 0.05) is 6.54 Å². The summed E-state index contributed by atoms with van der Waals surface area (Å²) < 4.78 is 0. The van der Waals surface area contributed by atoms with Crippen LogP contribution >= 0.6 is 0 Å². The largest absolute Gasteiger partial charge is 0.480 e. The highest BCUT2D eigenvalue weighted by molar-refractivity contribution is 5.82. The molecule has 0 spiro atoms. The SMILES string of the molecule is CCCCCNC(=O)C(C)NC(CC(C)C)C(=O)O. The first-order valence-electron chi connectivity index (χ1n) is 7.15.